The van der Waals surface area contributed by atoms with Crippen LogP contribution in [0.25, 0.3) is 0 Å². The molecule has 0 saturated carbocycles. The Labute approximate surface area is 97.3 Å². The van der Waals surface area contributed by atoms with Gasteiger partial charge in [0.2, 0.25) is 10.0 Å². The van der Waals surface area contributed by atoms with Crippen molar-refractivity contribution in [2.24, 2.45) is 10.9 Å². The van der Waals surface area contributed by atoms with E-state index in [1.807, 2.05) is 0 Å². The Kier molecular flexibility index (Phi) is 7.55. The maximum absolute atomic E-state index is 10.3. The third kappa shape index (κ3) is 12.0. The molecular weight excluding hydrogens is 254 g/mol. The highest BCUT2D eigenvalue weighted by Crippen LogP contribution is 1.91. The summed E-state index contributed by atoms with van der Waals surface area (Å²) in [5, 5.41) is 25.9. The Bertz CT molecular complexity index is 411. The monoisotopic (exact) mass is 267 g/mol. The van der Waals surface area contributed by atoms with Crippen LogP contribution in [0.2, 0.25) is 0 Å². The number of carbonyl (C=O) groups is 2. The Hall–Kier alpha value is -1.94. The van der Waals surface area contributed by atoms with E-state index >= 15 is 0 Å². The molecule has 17 heavy (non-hydrogen) atoms. The minimum absolute atomic E-state index is 0.433. The second kappa shape index (κ2) is 7.35. The highest BCUT2D eigenvalue weighted by Gasteiger charge is 2.17. The highest BCUT2D eigenvalue weighted by atomic mass is 32.2. The van der Waals surface area contributed by atoms with Crippen LogP contribution in [0.4, 0.5) is 0 Å². The number of rotatable bonds is 4. The lowest BCUT2D eigenvalue weighted by atomic mass is 10.4. The number of nitrogens with one attached hydrogen (secondary N) is 1. The number of aliphatic carboxylic acids is 2. The summed E-state index contributed by atoms with van der Waals surface area (Å²) in [5.41, 5.74) is 4.85. The van der Waals surface area contributed by atoms with Gasteiger partial charge in [-0.05, 0) is 6.92 Å². The molecule has 0 aromatic rings. The minimum atomic E-state index is -3.65. The third-order valence-corrected chi connectivity index (χ3v) is 2.54. The fraction of sp³-hybridized carbons (Fsp3) is 0.286. The van der Waals surface area contributed by atoms with Crippen LogP contribution in [0, 0.1) is 5.41 Å². The molecule has 0 spiro atoms. The van der Waals surface area contributed by atoms with Gasteiger partial charge in [-0.1, -0.05) is 0 Å². The van der Waals surface area contributed by atoms with Gasteiger partial charge in [-0.25, -0.2) is 23.1 Å². The Morgan fingerprint density at radius 3 is 1.59 bits per heavy atom. The van der Waals surface area contributed by atoms with Gasteiger partial charge in [0, 0.05) is 12.2 Å². The predicted octanol–water partition coefficient (Wildman–Crippen LogP) is -1.69. The molecule has 0 saturated heterocycles. The normalized spacial score (nSPS) is 12.4. The van der Waals surface area contributed by atoms with Gasteiger partial charge in [-0.15, -0.1) is 0 Å². The zero-order valence-electron chi connectivity index (χ0n) is 8.82. The number of hydrogen-bond donors (Lipinski definition) is 5. The van der Waals surface area contributed by atoms with Crippen molar-refractivity contribution >= 4 is 27.8 Å². The highest BCUT2D eigenvalue weighted by molar-refractivity contribution is 7.90. The van der Waals surface area contributed by atoms with Gasteiger partial charge in [0.15, 0.2) is 0 Å². The molecule has 0 rings (SSSR count). The van der Waals surface area contributed by atoms with Crippen LogP contribution in [-0.4, -0.2) is 41.7 Å². The van der Waals surface area contributed by atoms with Gasteiger partial charge in [-0.2, -0.15) is 0 Å². The molecule has 0 aromatic carbocycles. The van der Waals surface area contributed by atoms with Crippen molar-refractivity contribution in [1.82, 2.24) is 0 Å². The van der Waals surface area contributed by atoms with Crippen LogP contribution in [-0.2, 0) is 19.6 Å². The molecule has 9 nitrogen and oxygen atoms in total. The van der Waals surface area contributed by atoms with E-state index in [0.29, 0.717) is 12.2 Å². The van der Waals surface area contributed by atoms with Crippen molar-refractivity contribution in [3.05, 3.63) is 12.2 Å². The van der Waals surface area contributed by atoms with E-state index < -0.39 is 33.0 Å². The molecule has 0 aliphatic heterocycles. The SMILES string of the molecule is CC(C(=N)N)S(N)(=O)=O.O=C(O)/C=C\C(=O)O. The summed E-state index contributed by atoms with van der Waals surface area (Å²) < 4.78 is 20.7. The second-order valence-electron chi connectivity index (χ2n) is 2.70. The van der Waals surface area contributed by atoms with Gasteiger partial charge in [0.05, 0.1) is 0 Å². The average Bonchev–Trinajstić information content (AvgIpc) is 2.13. The number of carboxylic acid groups (broad SMARTS) is 2. The molecule has 0 radical (unpaired) electrons. The summed E-state index contributed by atoms with van der Waals surface area (Å²) >= 11 is 0. The fourth-order valence-corrected chi connectivity index (χ4v) is 0.673. The lowest BCUT2D eigenvalue weighted by molar-refractivity contribution is -0.134. The van der Waals surface area contributed by atoms with Crippen molar-refractivity contribution in [3.63, 3.8) is 0 Å². The smallest absolute Gasteiger partial charge is 0.328 e. The first-order valence-electron chi connectivity index (χ1n) is 3.98. The molecule has 10 heteroatoms. The van der Waals surface area contributed by atoms with Crippen LogP contribution in [0.3, 0.4) is 0 Å². The molecule has 1 atom stereocenters. The van der Waals surface area contributed by atoms with Crippen molar-refractivity contribution in [2.45, 2.75) is 12.2 Å². The summed E-state index contributed by atoms with van der Waals surface area (Å²) in [5.74, 6) is -2.95. The van der Waals surface area contributed by atoms with E-state index in [1.54, 1.807) is 0 Å². The second-order valence-corrected chi connectivity index (χ2v) is 4.58. The molecule has 98 valence electrons. The first-order chi connectivity index (χ1) is 7.48. The molecule has 0 aliphatic rings. The molecule has 0 heterocycles. The van der Waals surface area contributed by atoms with Crippen molar-refractivity contribution in [1.29, 1.82) is 5.41 Å². The standard InChI is InChI=1S/C4H4O4.C3H9N3O2S/c5-3(6)1-2-4(7)8;1-2(3(4)5)9(6,7)8/h1-2H,(H,5,6)(H,7,8);2H,1H3,(H3,4,5)(H2,6,7,8)/b2-1-;. The molecule has 1 unspecified atom stereocenters. The number of primary sulfonamides is 1. The summed E-state index contributed by atoms with van der Waals surface area (Å²) in [6.07, 6.45) is 1.12. The van der Waals surface area contributed by atoms with Crippen molar-refractivity contribution in [3.8, 4) is 0 Å². The first kappa shape index (κ1) is 17.5. The molecule has 0 amide bonds. The van der Waals surface area contributed by atoms with Gasteiger partial charge in [0.1, 0.15) is 11.1 Å². The van der Waals surface area contributed by atoms with E-state index in [1.165, 1.54) is 6.92 Å². The maximum Gasteiger partial charge on any atom is 0.328 e. The number of carboxylic acids is 2. The van der Waals surface area contributed by atoms with Crippen molar-refractivity contribution < 1.29 is 28.2 Å². The molecule has 0 bridgehead atoms. The molecular formula is C7H13N3O6S. The number of amidine groups is 1. The Morgan fingerprint density at radius 1 is 1.24 bits per heavy atom. The first-order valence-corrected chi connectivity index (χ1v) is 5.59. The molecule has 0 aliphatic carbocycles. The lowest BCUT2D eigenvalue weighted by Gasteiger charge is -2.03. The summed E-state index contributed by atoms with van der Waals surface area (Å²) in [4.78, 5) is 19.1. The van der Waals surface area contributed by atoms with Crippen LogP contribution < -0.4 is 10.9 Å². The maximum atomic E-state index is 10.3. The fourth-order valence-electron chi connectivity index (χ4n) is 0.320. The Balaban J connectivity index is 0. The number of nitrogens with two attached hydrogens (primary N) is 2. The van der Waals surface area contributed by atoms with E-state index in [4.69, 9.17) is 21.4 Å². The zero-order valence-corrected chi connectivity index (χ0v) is 9.64. The topological polar surface area (TPSA) is 185 Å². The third-order valence-electron chi connectivity index (χ3n) is 1.30. The molecule has 0 fully saturated rings. The van der Waals surface area contributed by atoms with E-state index in [9.17, 15) is 18.0 Å². The molecule has 7 N–H and O–H groups in total. The number of sulfonamides is 1. The van der Waals surface area contributed by atoms with Gasteiger partial charge < -0.3 is 15.9 Å². The van der Waals surface area contributed by atoms with E-state index in [0.717, 1.165) is 0 Å². The molecule has 0 aromatic heterocycles. The van der Waals surface area contributed by atoms with Gasteiger partial charge >= 0.3 is 11.9 Å². The lowest BCUT2D eigenvalue weighted by Crippen LogP contribution is -2.36. The van der Waals surface area contributed by atoms with Crippen LogP contribution >= 0.6 is 0 Å². The summed E-state index contributed by atoms with van der Waals surface area (Å²) in [6.45, 7) is 1.26. The van der Waals surface area contributed by atoms with E-state index in [-0.39, 0.29) is 0 Å². The largest absolute Gasteiger partial charge is 0.478 e. The Morgan fingerprint density at radius 2 is 1.53 bits per heavy atom. The van der Waals surface area contributed by atoms with Crippen LogP contribution in [0.15, 0.2) is 12.2 Å². The van der Waals surface area contributed by atoms with Gasteiger partial charge in [0.25, 0.3) is 0 Å². The quantitative estimate of drug-likeness (QED) is 0.228. The zero-order chi connectivity index (χ0) is 14.2. The van der Waals surface area contributed by atoms with Crippen molar-refractivity contribution in [2.75, 3.05) is 0 Å². The van der Waals surface area contributed by atoms with Crippen LogP contribution in [0.1, 0.15) is 6.92 Å². The van der Waals surface area contributed by atoms with Crippen LogP contribution in [0.5, 0.6) is 0 Å². The average molecular weight is 267 g/mol. The minimum Gasteiger partial charge on any atom is -0.478 e. The summed E-state index contributed by atoms with van der Waals surface area (Å²) in [6, 6.07) is 0. The van der Waals surface area contributed by atoms with E-state index in [2.05, 4.69) is 5.14 Å². The predicted molar refractivity (Wildman–Crippen MR) is 58.9 cm³/mol. The van der Waals surface area contributed by atoms with Gasteiger partial charge in [-0.3, -0.25) is 5.41 Å². The summed E-state index contributed by atoms with van der Waals surface area (Å²) in [7, 11) is -3.65. The number of hydrogen-bond acceptors (Lipinski definition) is 5.